The molecule has 0 radical (unpaired) electrons. The molecule has 6 heteroatoms. The van der Waals surface area contributed by atoms with Crippen molar-refractivity contribution in [1.82, 2.24) is 5.32 Å². The average molecular weight is 724 g/mol. The molecule has 0 rings (SSSR count). The van der Waals surface area contributed by atoms with E-state index in [0.717, 1.165) is 89.9 Å². The largest absolute Gasteiger partial charge is 0.480 e. The van der Waals surface area contributed by atoms with Crippen LogP contribution in [0.25, 0.3) is 0 Å². The highest BCUT2D eigenvalue weighted by atomic mass is 16.5. The highest BCUT2D eigenvalue weighted by molar-refractivity contribution is 5.80. The zero-order chi connectivity index (χ0) is 38.0. The average Bonchev–Trinajstić information content (AvgIpc) is 3.13. The molecular formula is C46H77NO5. The number of ether oxygens (including phenoxy) is 1. The fourth-order valence-corrected chi connectivity index (χ4v) is 5.83. The Morgan fingerprint density at radius 3 is 1.37 bits per heavy atom. The van der Waals surface area contributed by atoms with Gasteiger partial charge in [0, 0.05) is 12.8 Å². The number of esters is 1. The van der Waals surface area contributed by atoms with Gasteiger partial charge in [0.1, 0.15) is 12.6 Å². The van der Waals surface area contributed by atoms with Gasteiger partial charge in [-0.05, 0) is 77.0 Å². The summed E-state index contributed by atoms with van der Waals surface area (Å²) < 4.78 is 5.98. The van der Waals surface area contributed by atoms with E-state index < -0.39 is 5.97 Å². The number of carboxylic acids is 1. The summed E-state index contributed by atoms with van der Waals surface area (Å²) in [4.78, 5) is 35.0. The lowest BCUT2D eigenvalue weighted by atomic mass is 10.0. The van der Waals surface area contributed by atoms with E-state index in [2.05, 4.69) is 92.1 Å². The van der Waals surface area contributed by atoms with Gasteiger partial charge in [0.05, 0.1) is 0 Å². The zero-order valence-corrected chi connectivity index (χ0v) is 33.4. The monoisotopic (exact) mass is 724 g/mol. The van der Waals surface area contributed by atoms with Crippen LogP contribution in [0.4, 0.5) is 0 Å². The highest BCUT2D eigenvalue weighted by Crippen LogP contribution is 2.18. The smallest absolute Gasteiger partial charge is 0.322 e. The van der Waals surface area contributed by atoms with Gasteiger partial charge in [0.25, 0.3) is 0 Å². The van der Waals surface area contributed by atoms with Crippen molar-refractivity contribution in [3.05, 3.63) is 72.9 Å². The maximum atomic E-state index is 12.7. The molecule has 0 aromatic rings. The molecule has 0 saturated heterocycles. The lowest BCUT2D eigenvalue weighted by Crippen LogP contribution is -2.28. The minimum Gasteiger partial charge on any atom is -0.480 e. The molecule has 0 spiro atoms. The number of hydrogen-bond donors (Lipinski definition) is 2. The van der Waals surface area contributed by atoms with Gasteiger partial charge in [-0.25, -0.2) is 0 Å². The first-order valence-electron chi connectivity index (χ1n) is 21.1. The maximum absolute atomic E-state index is 12.7. The van der Waals surface area contributed by atoms with Gasteiger partial charge in [-0.15, -0.1) is 0 Å². The number of aliphatic carboxylic acids is 1. The molecule has 0 fully saturated rings. The molecule has 1 atom stereocenters. The molecule has 52 heavy (non-hydrogen) atoms. The Morgan fingerprint density at radius 1 is 0.519 bits per heavy atom. The third kappa shape index (κ3) is 39.6. The van der Waals surface area contributed by atoms with Crippen molar-refractivity contribution in [3.8, 4) is 0 Å². The minimum absolute atomic E-state index is 0.0156. The molecule has 296 valence electrons. The standard InChI is InChI=1S/C46H77NO5/c1-3-5-7-9-11-13-15-16-17-18-19-20-21-22-24-26-28-33-37-41-46(51)52-43(38-34-30-27-25-23-14-12-10-8-6-4-2)39-35-31-29-32-36-40-44(48)47-42-45(49)50/h5,7,11,13,16-17,19-20,22,24,28,33,43H,3-4,6,8-10,12,14-15,18,21,23,25-27,29-32,34-42H2,1-2H3,(H,47,48)(H,49,50)/b7-5-,13-11-,17-16-,20-19-,24-22-,33-28-. The summed E-state index contributed by atoms with van der Waals surface area (Å²) in [7, 11) is 0. The van der Waals surface area contributed by atoms with Gasteiger partial charge in [-0.2, -0.15) is 0 Å². The molecule has 1 amide bonds. The SMILES string of the molecule is CC/C=C\C/C=C\C/C=C\C/C=C\C/C=C\C/C=C\CCC(=O)OC(CCCCCCCCCCCCC)CCCCCCCC(=O)NCC(=O)O. The second-order valence-corrected chi connectivity index (χ2v) is 13.9. The van der Waals surface area contributed by atoms with Crippen LogP contribution in [0.3, 0.4) is 0 Å². The fourth-order valence-electron chi connectivity index (χ4n) is 5.83. The van der Waals surface area contributed by atoms with E-state index >= 15 is 0 Å². The number of allylic oxidation sites excluding steroid dienone is 12. The summed E-state index contributed by atoms with van der Waals surface area (Å²) in [6.45, 7) is 4.10. The third-order valence-corrected chi connectivity index (χ3v) is 8.91. The highest BCUT2D eigenvalue weighted by Gasteiger charge is 2.14. The van der Waals surface area contributed by atoms with Crippen LogP contribution in [0.5, 0.6) is 0 Å². The van der Waals surface area contributed by atoms with E-state index in [1.54, 1.807) is 0 Å². The van der Waals surface area contributed by atoms with Gasteiger partial charge >= 0.3 is 11.9 Å². The second-order valence-electron chi connectivity index (χ2n) is 13.9. The van der Waals surface area contributed by atoms with Crippen molar-refractivity contribution in [2.45, 2.75) is 193 Å². The molecule has 0 aromatic heterocycles. The van der Waals surface area contributed by atoms with Crippen LogP contribution in [0.15, 0.2) is 72.9 Å². The first kappa shape index (κ1) is 48.9. The first-order chi connectivity index (χ1) is 25.5. The van der Waals surface area contributed by atoms with Crippen LogP contribution < -0.4 is 5.32 Å². The Balaban J connectivity index is 4.30. The van der Waals surface area contributed by atoms with E-state index in [0.29, 0.717) is 19.3 Å². The number of unbranched alkanes of at least 4 members (excludes halogenated alkanes) is 14. The summed E-state index contributed by atoms with van der Waals surface area (Å²) in [5, 5.41) is 11.1. The van der Waals surface area contributed by atoms with Gasteiger partial charge in [0.2, 0.25) is 5.91 Å². The Labute approximate surface area is 319 Å². The van der Waals surface area contributed by atoms with Gasteiger partial charge in [0.15, 0.2) is 0 Å². The molecule has 0 heterocycles. The van der Waals surface area contributed by atoms with Crippen LogP contribution >= 0.6 is 0 Å². The number of carbonyl (C=O) groups excluding carboxylic acids is 2. The first-order valence-corrected chi connectivity index (χ1v) is 21.1. The summed E-state index contributed by atoms with van der Waals surface area (Å²) in [5.41, 5.74) is 0. The van der Waals surface area contributed by atoms with Crippen molar-refractivity contribution in [2.24, 2.45) is 0 Å². The summed E-state index contributed by atoms with van der Waals surface area (Å²) in [6.07, 6.45) is 54.5. The van der Waals surface area contributed by atoms with E-state index in [1.165, 1.54) is 64.2 Å². The van der Waals surface area contributed by atoms with Crippen LogP contribution in [0.1, 0.15) is 187 Å². The molecule has 6 nitrogen and oxygen atoms in total. The Kier molecular flexibility index (Phi) is 38.2. The van der Waals surface area contributed by atoms with Crippen molar-refractivity contribution in [2.75, 3.05) is 6.54 Å². The number of hydrogen-bond acceptors (Lipinski definition) is 4. The molecule has 2 N–H and O–H groups in total. The molecular weight excluding hydrogens is 647 g/mol. The summed E-state index contributed by atoms with van der Waals surface area (Å²) >= 11 is 0. The maximum Gasteiger partial charge on any atom is 0.322 e. The number of amides is 1. The number of nitrogens with one attached hydrogen (secondary N) is 1. The molecule has 0 aromatic carbocycles. The Morgan fingerprint density at radius 2 is 0.923 bits per heavy atom. The molecule has 0 bridgehead atoms. The van der Waals surface area contributed by atoms with E-state index in [1.807, 2.05) is 0 Å². The van der Waals surface area contributed by atoms with Crippen LogP contribution in [-0.2, 0) is 19.1 Å². The summed E-state index contributed by atoms with van der Waals surface area (Å²) in [6, 6.07) is 0. The van der Waals surface area contributed by atoms with Crippen molar-refractivity contribution in [1.29, 1.82) is 0 Å². The predicted octanol–water partition coefficient (Wildman–Crippen LogP) is 13.0. The van der Waals surface area contributed by atoms with Gasteiger partial charge < -0.3 is 15.2 Å². The number of rotatable bonds is 37. The van der Waals surface area contributed by atoms with E-state index in [9.17, 15) is 14.4 Å². The number of carboxylic acid groups (broad SMARTS) is 1. The van der Waals surface area contributed by atoms with Crippen molar-refractivity contribution >= 4 is 17.8 Å². The molecule has 0 aliphatic carbocycles. The third-order valence-electron chi connectivity index (χ3n) is 8.91. The second kappa shape index (κ2) is 40.6. The zero-order valence-electron chi connectivity index (χ0n) is 33.4. The predicted molar refractivity (Wildman–Crippen MR) is 221 cm³/mol. The lowest BCUT2D eigenvalue weighted by molar-refractivity contribution is -0.149. The number of carbonyl (C=O) groups is 3. The van der Waals surface area contributed by atoms with Crippen LogP contribution in [0.2, 0.25) is 0 Å². The van der Waals surface area contributed by atoms with E-state index in [-0.39, 0.29) is 24.5 Å². The summed E-state index contributed by atoms with van der Waals surface area (Å²) in [5.74, 6) is -1.32. The minimum atomic E-state index is -1.02. The fraction of sp³-hybridized carbons (Fsp3) is 0.674. The van der Waals surface area contributed by atoms with Crippen molar-refractivity contribution < 1.29 is 24.2 Å². The topological polar surface area (TPSA) is 92.7 Å². The molecule has 0 aliphatic heterocycles. The normalized spacial score (nSPS) is 12.8. The van der Waals surface area contributed by atoms with Crippen molar-refractivity contribution in [3.63, 3.8) is 0 Å². The quantitative estimate of drug-likeness (QED) is 0.0378. The Bertz CT molecular complexity index is 1020. The lowest BCUT2D eigenvalue weighted by Gasteiger charge is -2.18. The Hall–Kier alpha value is -3.15. The van der Waals surface area contributed by atoms with E-state index in [4.69, 9.17) is 9.84 Å². The molecule has 1 unspecified atom stereocenters. The van der Waals surface area contributed by atoms with Crippen LogP contribution in [-0.4, -0.2) is 35.6 Å². The molecule has 0 aliphatic rings. The van der Waals surface area contributed by atoms with Crippen LogP contribution in [0, 0.1) is 0 Å². The van der Waals surface area contributed by atoms with Gasteiger partial charge in [-0.1, -0.05) is 170 Å². The van der Waals surface area contributed by atoms with Gasteiger partial charge in [-0.3, -0.25) is 14.4 Å². The molecule has 0 saturated carbocycles.